The van der Waals surface area contributed by atoms with Gasteiger partial charge >= 0.3 is 0 Å². The van der Waals surface area contributed by atoms with E-state index in [-0.39, 0.29) is 88.4 Å². The molecule has 4 unspecified atom stereocenters. The molecular formula is C85H80Cl3F6N15O12. The molecule has 11 aromatic rings. The zero-order valence-electron chi connectivity index (χ0n) is 65.9. The summed E-state index contributed by atoms with van der Waals surface area (Å²) in [5.41, 5.74) is 2.04. The number of halogens is 9. The summed E-state index contributed by atoms with van der Waals surface area (Å²) in [4.78, 5) is 85.0. The molecule has 7 aromatic carbocycles. The van der Waals surface area contributed by atoms with Crippen molar-refractivity contribution in [3.05, 3.63) is 183 Å². The van der Waals surface area contributed by atoms with Gasteiger partial charge in [-0.15, -0.1) is 0 Å². The maximum Gasteiger partial charge on any atom is 0.258 e. The van der Waals surface area contributed by atoms with E-state index in [1.54, 1.807) is 88.6 Å². The Kier molecular flexibility index (Phi) is 23.7. The summed E-state index contributed by atoms with van der Waals surface area (Å²) in [7, 11) is 6.23. The number of aromatic nitrogens is 8. The molecule has 4 aromatic heterocycles. The highest BCUT2D eigenvalue weighted by atomic mass is 35.5. The van der Waals surface area contributed by atoms with Gasteiger partial charge in [-0.3, -0.25) is 19.2 Å². The Morgan fingerprint density at radius 1 is 0.421 bits per heavy atom. The van der Waals surface area contributed by atoms with Crippen LogP contribution in [0.5, 0.6) is 46.0 Å². The summed E-state index contributed by atoms with van der Waals surface area (Å²) in [6.07, 6.45) is 11.1. The fourth-order valence-corrected chi connectivity index (χ4v) is 17.7. The number of carbonyl (C=O) groups is 3. The molecule has 5 N–H and O–H groups in total. The summed E-state index contributed by atoms with van der Waals surface area (Å²) < 4.78 is 131. The Balaban J connectivity index is 0.000000121. The number of methoxy groups -OCH3 is 4. The van der Waals surface area contributed by atoms with Crippen molar-refractivity contribution in [3.63, 3.8) is 0 Å². The molecule has 27 nitrogen and oxygen atoms in total. The van der Waals surface area contributed by atoms with Crippen LogP contribution in [-0.4, -0.2) is 178 Å². The number of H-pyrrole nitrogens is 1. The molecule has 5 aliphatic heterocycles. The van der Waals surface area contributed by atoms with Crippen LogP contribution in [0.2, 0.25) is 15.1 Å². The summed E-state index contributed by atoms with van der Waals surface area (Å²) in [6.45, 7) is 12.7. The van der Waals surface area contributed by atoms with Gasteiger partial charge < -0.3 is 78.8 Å². The third kappa shape index (κ3) is 16.5. The number of hydrogen-bond acceptors (Lipinski definition) is 23. The molecule has 9 aliphatic rings. The molecule has 36 heteroatoms. The van der Waals surface area contributed by atoms with Crippen LogP contribution < -0.4 is 64.7 Å². The molecule has 9 heterocycles. The lowest BCUT2D eigenvalue weighted by Gasteiger charge is -2.52. The topological polar surface area (TPSA) is 306 Å². The Morgan fingerprint density at radius 3 is 1.02 bits per heavy atom. The number of nitrogens with zero attached hydrogens (tertiary/aromatic N) is 10. The van der Waals surface area contributed by atoms with Crippen LogP contribution in [0, 0.1) is 82.2 Å². The molecule has 630 valence electrons. The molecule has 121 heavy (non-hydrogen) atoms. The summed E-state index contributed by atoms with van der Waals surface area (Å²) >= 11 is 17.1. The van der Waals surface area contributed by atoms with Gasteiger partial charge in [-0.2, -0.15) is 0 Å². The van der Waals surface area contributed by atoms with Gasteiger partial charge in [-0.05, 0) is 92.4 Å². The van der Waals surface area contributed by atoms with E-state index in [0.29, 0.717) is 157 Å². The number of piperidine rings is 8. The van der Waals surface area contributed by atoms with Crippen molar-refractivity contribution in [2.24, 2.45) is 47.3 Å². The normalized spacial score (nSPS) is 22.4. The first-order valence-corrected chi connectivity index (χ1v) is 40.0. The third-order valence-corrected chi connectivity index (χ3v) is 24.7. The van der Waals surface area contributed by atoms with Gasteiger partial charge in [-0.25, -0.2) is 61.2 Å². The average Bonchev–Trinajstić information content (AvgIpc) is 0.767. The Hall–Kier alpha value is -11.9. The van der Waals surface area contributed by atoms with Crippen LogP contribution in [0.15, 0.2) is 128 Å². The minimum Gasteiger partial charge on any atom is -0.493 e. The molecular weight excluding hydrogens is 1640 g/mol. The summed E-state index contributed by atoms with van der Waals surface area (Å²) in [5.74, 6) is 2.69. The minimum absolute atomic E-state index is 0.0132. The Bertz CT molecular complexity index is 5920. The number of aromatic amines is 1. The monoisotopic (exact) mass is 1720 g/mol. The van der Waals surface area contributed by atoms with E-state index in [9.17, 15) is 45.5 Å². The third-order valence-electron chi connectivity index (χ3n) is 23.7. The number of likely N-dealkylation sites (tertiary alicyclic amines) is 2. The lowest BCUT2D eigenvalue weighted by molar-refractivity contribution is -0.145. The van der Waals surface area contributed by atoms with Crippen molar-refractivity contribution in [2.45, 2.75) is 63.9 Å². The summed E-state index contributed by atoms with van der Waals surface area (Å²) in [5, 5.41) is 12.5. The van der Waals surface area contributed by atoms with Crippen LogP contribution in [0.4, 0.5) is 60.9 Å². The minimum atomic E-state index is -0.917. The fourth-order valence-electron chi connectivity index (χ4n) is 17.2. The predicted molar refractivity (Wildman–Crippen MR) is 439 cm³/mol. The van der Waals surface area contributed by atoms with Crippen molar-refractivity contribution in [1.29, 1.82) is 0 Å². The number of benzene rings is 7. The smallest absolute Gasteiger partial charge is 0.258 e. The van der Waals surface area contributed by atoms with Gasteiger partial charge in [0.15, 0.2) is 63.4 Å². The second-order valence-corrected chi connectivity index (χ2v) is 32.0. The standard InChI is InChI=1S/C24H21ClF2N4O3.C23H21ClF2N4O3.C21H19ClF2N4O2.C17H19N3O4/c1-3-20(32)31-9-12-6-13(10-31)23(12)34-19-7-14-17(8-18(19)33-2)28-11-29-24(14)30-16-5-4-15(26)21(25)22(16)27;1-11(31)30-8-12-5-13(9-30)22(12)33-19-6-14-17(7-18(19)32-2)27-10-28-23(14)29-16-4-3-15(25)20(24)21(16)26;1-29-16-6-15-12(5-17(16)30-20-10-4-11(20)8-25-7-10)21(27-9-26-15)28-14-3-2-13(23)18(22)19(14)24;1-9(21)20-6-10-3-11(7-20)16(10)24-15-4-12-13(5-14(15)23-2)18-8-19-17(12)22/h3-5,7-8,11-13,23H,1,6,9-10H2,2H3,(H,28,29,30);3-4,6-7,10,12-13,22H,5,8-9H2,1-2H3,(H,27,28,29);2-3,5-6,9-11,20,25H,4,7-8H2,1H3,(H,26,27,28);4-5,8,10-11,16H,3,6-7H2,1-2H3,(H,18,19,22)/t12-,13+,23?;12-,13+,22?;10-,11+,20?;10-,11+,16?. The summed E-state index contributed by atoms with van der Waals surface area (Å²) in [6, 6.07) is 20.9. The molecule has 4 aliphatic carbocycles. The number of nitrogens with one attached hydrogen (secondary N) is 5. The molecule has 8 bridgehead atoms. The van der Waals surface area contributed by atoms with Crippen molar-refractivity contribution in [3.8, 4) is 46.0 Å². The number of ether oxygens (including phenoxy) is 8. The number of fused-ring (bicyclic) bond motifs is 12. The number of anilines is 6. The molecule has 4 saturated carbocycles. The lowest BCUT2D eigenvalue weighted by atomic mass is 9.68. The molecule has 9 fully saturated rings. The highest BCUT2D eigenvalue weighted by Crippen LogP contribution is 2.50. The number of carbonyl (C=O) groups excluding carboxylic acids is 3. The van der Waals surface area contributed by atoms with E-state index >= 15 is 0 Å². The van der Waals surface area contributed by atoms with Gasteiger partial charge in [-0.1, -0.05) is 41.4 Å². The molecule has 0 spiro atoms. The van der Waals surface area contributed by atoms with E-state index < -0.39 is 50.0 Å². The molecule has 5 saturated heterocycles. The van der Waals surface area contributed by atoms with Crippen molar-refractivity contribution in [1.82, 2.24) is 59.9 Å². The van der Waals surface area contributed by atoms with Gasteiger partial charge in [0.25, 0.3) is 5.56 Å². The van der Waals surface area contributed by atoms with Crippen LogP contribution in [0.25, 0.3) is 43.6 Å². The lowest BCUT2D eigenvalue weighted by Crippen LogP contribution is -2.61. The van der Waals surface area contributed by atoms with Crippen molar-refractivity contribution < 1.29 is 78.6 Å². The second-order valence-electron chi connectivity index (χ2n) is 30.8. The van der Waals surface area contributed by atoms with Crippen molar-refractivity contribution in [2.75, 3.05) is 96.7 Å². The average molecular weight is 1720 g/mol. The predicted octanol–water partition coefficient (Wildman–Crippen LogP) is 14.8. The maximum absolute atomic E-state index is 14.5. The van der Waals surface area contributed by atoms with Crippen LogP contribution in [0.3, 0.4) is 0 Å². The van der Waals surface area contributed by atoms with E-state index in [1.807, 2.05) is 9.80 Å². The van der Waals surface area contributed by atoms with Crippen molar-refractivity contribution >= 4 is 131 Å². The maximum atomic E-state index is 14.5. The van der Waals surface area contributed by atoms with Gasteiger partial charge in [0.2, 0.25) is 17.7 Å². The first-order valence-electron chi connectivity index (χ1n) is 38.9. The number of amides is 3. The van der Waals surface area contributed by atoms with Crippen LogP contribution >= 0.6 is 34.8 Å². The zero-order chi connectivity index (χ0) is 84.9. The number of rotatable bonds is 19. The van der Waals surface area contributed by atoms with E-state index in [2.05, 4.69) is 67.7 Å². The van der Waals surface area contributed by atoms with Gasteiger partial charge in [0.1, 0.15) is 93.4 Å². The first-order chi connectivity index (χ1) is 58.3. The van der Waals surface area contributed by atoms with Crippen LogP contribution in [-0.2, 0) is 14.4 Å². The highest BCUT2D eigenvalue weighted by molar-refractivity contribution is 6.32. The molecule has 12 atom stereocenters. The largest absolute Gasteiger partial charge is 0.493 e. The first kappa shape index (κ1) is 82.7. The second kappa shape index (κ2) is 34.7. The Morgan fingerprint density at radius 2 is 0.719 bits per heavy atom. The quantitative estimate of drug-likeness (QED) is 0.0285. The SMILES string of the molecule is C=CC(=O)N1C[C@H]2C[C@@H](C1)C2Oc1cc2c(Nc3ccc(F)c(Cl)c3F)ncnc2cc1OC.COc1cc2nc[nH]c(=O)c2cc1OC1[C@@H]2C[C@H]1CN(C(C)=O)C2.COc1cc2ncnc(Nc3ccc(F)c(Cl)c3F)c2cc1OC1[C@@H]2CNC[C@H]1C2.COc1cc2ncnc(Nc3ccc(F)c(Cl)c3F)c2cc1OC1[C@@H]2C[C@H]1CN(C(C)=O)C2. The van der Waals surface area contributed by atoms with E-state index in [0.717, 1.165) is 70.1 Å². The van der Waals surface area contributed by atoms with Gasteiger partial charge in [0, 0.05) is 154 Å². The van der Waals surface area contributed by atoms with E-state index in [1.165, 1.54) is 56.7 Å². The number of hydrogen-bond donors (Lipinski definition) is 5. The van der Waals surface area contributed by atoms with Crippen LogP contribution in [0.1, 0.15) is 39.5 Å². The van der Waals surface area contributed by atoms with Gasteiger partial charge in [0.05, 0.1) is 79.3 Å². The highest BCUT2D eigenvalue weighted by Gasteiger charge is 2.52. The van der Waals surface area contributed by atoms with E-state index in [4.69, 9.17) is 72.7 Å². The molecule has 20 rings (SSSR count). The fraction of sp³-hybridized carbons (Fsp3) is 0.353. The zero-order valence-corrected chi connectivity index (χ0v) is 68.1. The molecule has 3 amide bonds. The molecule has 0 radical (unpaired) electrons. The Labute approximate surface area is 702 Å².